The molecule has 0 radical (unpaired) electrons. The Kier molecular flexibility index (Phi) is 1.92. The van der Waals surface area contributed by atoms with E-state index in [-0.39, 0.29) is 11.8 Å². The summed E-state index contributed by atoms with van der Waals surface area (Å²) in [7, 11) is 0. The second kappa shape index (κ2) is 2.70. The van der Waals surface area contributed by atoms with Crippen LogP contribution in [0.1, 0.15) is 28.4 Å². The number of hydrogen-bond acceptors (Lipinski definition) is 3. The molecule has 1 aromatic heterocycles. The van der Waals surface area contributed by atoms with E-state index in [0.717, 1.165) is 5.56 Å². The van der Waals surface area contributed by atoms with Crippen LogP contribution in [-0.4, -0.2) is 5.78 Å². The van der Waals surface area contributed by atoms with Gasteiger partial charge in [0, 0.05) is 18.0 Å². The van der Waals surface area contributed by atoms with E-state index in [4.69, 9.17) is 28.9 Å². The predicted octanol–water partition coefficient (Wildman–Crippen LogP) is 2.64. The van der Waals surface area contributed by atoms with Gasteiger partial charge in [-0.25, -0.2) is 0 Å². The SMILES string of the molecule is N[C@H]1CC(=O)c2c(Cl)sc(Cl)c21. The van der Waals surface area contributed by atoms with Gasteiger partial charge < -0.3 is 5.73 Å². The minimum absolute atomic E-state index is 0.00523. The molecule has 2 rings (SSSR count). The number of rotatable bonds is 0. The summed E-state index contributed by atoms with van der Waals surface area (Å²) in [5, 5.41) is 0. The minimum atomic E-state index is -0.260. The highest BCUT2D eigenvalue weighted by Gasteiger charge is 2.33. The number of fused-ring (bicyclic) bond motifs is 1. The fourth-order valence-electron chi connectivity index (χ4n) is 1.38. The molecule has 0 bridgehead atoms. The van der Waals surface area contributed by atoms with E-state index in [0.29, 0.717) is 20.7 Å². The Bertz CT molecular complexity index is 361. The molecule has 0 aliphatic heterocycles. The Balaban J connectivity index is 2.69. The molecule has 5 heteroatoms. The maximum Gasteiger partial charge on any atom is 0.167 e. The van der Waals surface area contributed by atoms with Gasteiger partial charge in [0.1, 0.15) is 4.34 Å². The lowest BCUT2D eigenvalue weighted by atomic mass is 10.2. The van der Waals surface area contributed by atoms with Crippen molar-refractivity contribution < 1.29 is 4.79 Å². The maximum absolute atomic E-state index is 11.3. The van der Waals surface area contributed by atoms with E-state index in [1.807, 2.05) is 0 Å². The number of nitrogens with two attached hydrogens (primary N) is 1. The number of ketones is 1. The van der Waals surface area contributed by atoms with Crippen molar-refractivity contribution >= 4 is 40.3 Å². The van der Waals surface area contributed by atoms with Crippen LogP contribution in [0.4, 0.5) is 0 Å². The lowest BCUT2D eigenvalue weighted by Gasteiger charge is -1.98. The summed E-state index contributed by atoms with van der Waals surface area (Å²) in [4.78, 5) is 11.3. The van der Waals surface area contributed by atoms with Gasteiger partial charge in [-0.2, -0.15) is 0 Å². The van der Waals surface area contributed by atoms with Crippen molar-refractivity contribution in [3.63, 3.8) is 0 Å². The van der Waals surface area contributed by atoms with E-state index < -0.39 is 0 Å². The molecule has 0 saturated heterocycles. The standard InChI is InChI=1S/C7H5Cl2NOS/c8-6-4-2(10)1-3(11)5(4)7(9)12-6/h2H,1,10H2/t2-/m0/s1. The van der Waals surface area contributed by atoms with Crippen molar-refractivity contribution in [2.45, 2.75) is 12.5 Å². The van der Waals surface area contributed by atoms with E-state index >= 15 is 0 Å². The third kappa shape index (κ3) is 1.01. The van der Waals surface area contributed by atoms with Crippen LogP contribution in [-0.2, 0) is 0 Å². The molecule has 0 fully saturated rings. The first kappa shape index (κ1) is 8.51. The van der Waals surface area contributed by atoms with Crippen LogP contribution in [0.25, 0.3) is 0 Å². The van der Waals surface area contributed by atoms with E-state index in [9.17, 15) is 4.79 Å². The Morgan fingerprint density at radius 1 is 1.42 bits per heavy atom. The number of Topliss-reactive ketones (excluding diaryl/α,β-unsaturated/α-hetero) is 1. The lowest BCUT2D eigenvalue weighted by Crippen LogP contribution is -2.05. The molecule has 0 unspecified atom stereocenters. The highest BCUT2D eigenvalue weighted by atomic mass is 35.5. The highest BCUT2D eigenvalue weighted by molar-refractivity contribution is 7.20. The molecule has 2 nitrogen and oxygen atoms in total. The molecule has 0 spiro atoms. The first-order valence-corrected chi connectivity index (χ1v) is 4.95. The zero-order valence-corrected chi connectivity index (χ0v) is 8.26. The Morgan fingerprint density at radius 2 is 2.08 bits per heavy atom. The Labute approximate surface area is 83.3 Å². The molecule has 1 aromatic rings. The summed E-state index contributed by atoms with van der Waals surface area (Å²) < 4.78 is 1.02. The van der Waals surface area contributed by atoms with Crippen molar-refractivity contribution in [3.05, 3.63) is 19.8 Å². The van der Waals surface area contributed by atoms with Gasteiger partial charge >= 0.3 is 0 Å². The third-order valence-electron chi connectivity index (χ3n) is 1.91. The molecule has 0 amide bonds. The molecule has 1 aliphatic carbocycles. The quantitative estimate of drug-likeness (QED) is 0.733. The zero-order valence-electron chi connectivity index (χ0n) is 5.93. The molecular formula is C7H5Cl2NOS. The largest absolute Gasteiger partial charge is 0.323 e. The highest BCUT2D eigenvalue weighted by Crippen LogP contribution is 2.44. The average Bonchev–Trinajstić information content (AvgIpc) is 2.38. The molecule has 0 aromatic carbocycles. The van der Waals surface area contributed by atoms with Gasteiger partial charge in [-0.15, -0.1) is 11.3 Å². The van der Waals surface area contributed by atoms with E-state index in [1.165, 1.54) is 11.3 Å². The van der Waals surface area contributed by atoms with E-state index in [1.54, 1.807) is 0 Å². The number of halogens is 2. The van der Waals surface area contributed by atoms with Crippen LogP contribution in [0, 0.1) is 0 Å². The zero-order chi connectivity index (χ0) is 8.88. The van der Waals surface area contributed by atoms with Crippen LogP contribution in [0.15, 0.2) is 0 Å². The Hall–Kier alpha value is -0.0900. The number of hydrogen-bond donors (Lipinski definition) is 1. The van der Waals surface area contributed by atoms with Gasteiger partial charge in [0.05, 0.1) is 9.90 Å². The van der Waals surface area contributed by atoms with Crippen molar-refractivity contribution in [3.8, 4) is 0 Å². The predicted molar refractivity (Wildman–Crippen MR) is 50.2 cm³/mol. The summed E-state index contributed by atoms with van der Waals surface area (Å²) in [5.74, 6) is 0.00523. The summed E-state index contributed by atoms with van der Waals surface area (Å²) >= 11 is 12.9. The monoisotopic (exact) mass is 221 g/mol. The summed E-state index contributed by atoms with van der Waals surface area (Å²) in [6, 6.07) is -0.260. The molecule has 1 heterocycles. The molecule has 64 valence electrons. The Morgan fingerprint density at radius 3 is 2.67 bits per heavy atom. The van der Waals surface area contributed by atoms with Crippen molar-refractivity contribution in [1.82, 2.24) is 0 Å². The van der Waals surface area contributed by atoms with Gasteiger partial charge in [-0.3, -0.25) is 4.79 Å². The van der Waals surface area contributed by atoms with Crippen LogP contribution in [0.2, 0.25) is 8.67 Å². The van der Waals surface area contributed by atoms with Crippen molar-refractivity contribution in [1.29, 1.82) is 0 Å². The third-order valence-corrected chi connectivity index (χ3v) is 3.55. The van der Waals surface area contributed by atoms with Crippen LogP contribution in [0.3, 0.4) is 0 Å². The van der Waals surface area contributed by atoms with Gasteiger partial charge in [0.25, 0.3) is 0 Å². The minimum Gasteiger partial charge on any atom is -0.323 e. The van der Waals surface area contributed by atoms with Crippen LogP contribution < -0.4 is 5.73 Å². The topological polar surface area (TPSA) is 43.1 Å². The van der Waals surface area contributed by atoms with Gasteiger partial charge in [0.15, 0.2) is 5.78 Å². The fraction of sp³-hybridized carbons (Fsp3) is 0.286. The van der Waals surface area contributed by atoms with Gasteiger partial charge in [0.2, 0.25) is 0 Å². The first-order valence-electron chi connectivity index (χ1n) is 3.37. The maximum atomic E-state index is 11.3. The van der Waals surface area contributed by atoms with E-state index in [2.05, 4.69) is 0 Å². The lowest BCUT2D eigenvalue weighted by molar-refractivity contribution is 0.0989. The van der Waals surface area contributed by atoms with Crippen LogP contribution >= 0.6 is 34.5 Å². The molecular weight excluding hydrogens is 217 g/mol. The average molecular weight is 222 g/mol. The summed E-state index contributed by atoms with van der Waals surface area (Å²) in [6.07, 6.45) is 0.331. The normalized spacial score (nSPS) is 21.6. The molecule has 2 N–H and O–H groups in total. The second-order valence-electron chi connectivity index (χ2n) is 2.67. The molecule has 1 atom stereocenters. The number of thiophene rings is 1. The molecule has 1 aliphatic rings. The summed E-state index contributed by atoms with van der Waals surface area (Å²) in [5.41, 5.74) is 6.97. The smallest absolute Gasteiger partial charge is 0.167 e. The van der Waals surface area contributed by atoms with Crippen molar-refractivity contribution in [2.75, 3.05) is 0 Å². The molecule has 0 saturated carbocycles. The van der Waals surface area contributed by atoms with Crippen molar-refractivity contribution in [2.24, 2.45) is 5.73 Å². The second-order valence-corrected chi connectivity index (χ2v) is 4.90. The number of carbonyl (C=O) groups excluding carboxylic acids is 1. The first-order chi connectivity index (χ1) is 5.61. The number of carbonyl (C=O) groups is 1. The van der Waals surface area contributed by atoms with Crippen LogP contribution in [0.5, 0.6) is 0 Å². The van der Waals surface area contributed by atoms with Gasteiger partial charge in [-0.05, 0) is 0 Å². The van der Waals surface area contributed by atoms with Gasteiger partial charge in [-0.1, -0.05) is 23.2 Å². The fourth-order valence-corrected chi connectivity index (χ4v) is 3.25. The summed E-state index contributed by atoms with van der Waals surface area (Å²) in [6.45, 7) is 0. The molecule has 12 heavy (non-hydrogen) atoms.